The van der Waals surface area contributed by atoms with Crippen LogP contribution in [0.15, 0.2) is 42.6 Å². The first-order valence-corrected chi connectivity index (χ1v) is 7.36. The molecule has 2 heterocycles. The van der Waals surface area contributed by atoms with E-state index >= 15 is 0 Å². The number of rotatable bonds is 3. The maximum Gasteiger partial charge on any atom is 0.328 e. The van der Waals surface area contributed by atoms with Crippen LogP contribution in [0.25, 0.3) is 5.69 Å². The number of hydrogen-bond acceptors (Lipinski definition) is 4. The maximum atomic E-state index is 12.6. The lowest BCUT2D eigenvalue weighted by molar-refractivity contribution is -0.149. The molecule has 1 aromatic heterocycles. The monoisotopic (exact) mass is 328 g/mol. The maximum absolute atomic E-state index is 12.6. The van der Waals surface area contributed by atoms with Crippen LogP contribution in [-0.4, -0.2) is 68.6 Å². The summed E-state index contributed by atoms with van der Waals surface area (Å²) in [4.78, 5) is 38.3. The van der Waals surface area contributed by atoms with Gasteiger partial charge in [-0.3, -0.25) is 9.59 Å². The van der Waals surface area contributed by atoms with Crippen LogP contribution in [0.3, 0.4) is 0 Å². The van der Waals surface area contributed by atoms with E-state index in [-0.39, 0.29) is 24.7 Å². The van der Waals surface area contributed by atoms with Crippen LogP contribution in [0, 0.1) is 0 Å². The van der Waals surface area contributed by atoms with Crippen molar-refractivity contribution >= 4 is 17.8 Å². The molecule has 1 saturated heterocycles. The number of hydrogen-bond donors (Lipinski definition) is 1. The molecule has 1 N–H and O–H groups in total. The Balaban J connectivity index is 1.86. The molecule has 0 spiro atoms. The normalized spacial score (nSPS) is 17.9. The predicted molar refractivity (Wildman–Crippen MR) is 83.7 cm³/mol. The topological polar surface area (TPSA) is 95.7 Å². The summed E-state index contributed by atoms with van der Waals surface area (Å²) in [6.07, 6.45) is 1.62. The third-order valence-electron chi connectivity index (χ3n) is 3.93. The molecular formula is C16H16N4O4. The Bertz CT molecular complexity index is 786. The summed E-state index contributed by atoms with van der Waals surface area (Å²) < 4.78 is 1.53. The molecule has 124 valence electrons. The van der Waals surface area contributed by atoms with Crippen LogP contribution in [0.2, 0.25) is 0 Å². The lowest BCUT2D eigenvalue weighted by atomic mass is 10.1. The summed E-state index contributed by atoms with van der Waals surface area (Å²) >= 11 is 0. The zero-order chi connectivity index (χ0) is 17.3. The van der Waals surface area contributed by atoms with Crippen LogP contribution >= 0.6 is 0 Å². The fourth-order valence-electron chi connectivity index (χ4n) is 2.57. The van der Waals surface area contributed by atoms with E-state index in [0.717, 1.165) is 10.6 Å². The summed E-state index contributed by atoms with van der Waals surface area (Å²) in [5.41, 5.74) is 0.878. The molecule has 0 aliphatic carbocycles. The van der Waals surface area contributed by atoms with Gasteiger partial charge in [0.15, 0.2) is 5.69 Å². The number of aromatic nitrogens is 2. The molecule has 1 aliphatic heterocycles. The Hall–Kier alpha value is -3.16. The van der Waals surface area contributed by atoms with Crippen LogP contribution in [0.5, 0.6) is 0 Å². The first-order chi connectivity index (χ1) is 11.5. The standard InChI is InChI=1S/C16H16N4O4/c1-18-9-13(16(23)24)19(10-14(18)21)15(22)12-7-8-20(17-12)11-5-3-2-4-6-11/h2-8,13H,9-10H2,1H3,(H,23,24). The summed E-state index contributed by atoms with van der Waals surface area (Å²) in [6, 6.07) is 9.66. The second-order valence-corrected chi connectivity index (χ2v) is 5.54. The molecule has 0 saturated carbocycles. The van der Waals surface area contributed by atoms with Crippen molar-refractivity contribution < 1.29 is 19.5 Å². The molecule has 3 rings (SSSR count). The lowest BCUT2D eigenvalue weighted by Gasteiger charge is -2.36. The molecular weight excluding hydrogens is 312 g/mol. The molecule has 1 atom stereocenters. The zero-order valence-corrected chi connectivity index (χ0v) is 13.0. The fourth-order valence-corrected chi connectivity index (χ4v) is 2.57. The van der Waals surface area contributed by atoms with Crippen molar-refractivity contribution in [2.24, 2.45) is 0 Å². The van der Waals surface area contributed by atoms with Crippen LogP contribution in [-0.2, 0) is 9.59 Å². The number of carbonyl (C=O) groups excluding carboxylic acids is 2. The summed E-state index contributed by atoms with van der Waals surface area (Å²) in [6.45, 7) is -0.316. The zero-order valence-electron chi connectivity index (χ0n) is 13.0. The minimum Gasteiger partial charge on any atom is -0.480 e. The van der Waals surface area contributed by atoms with E-state index in [0.29, 0.717) is 0 Å². The van der Waals surface area contributed by atoms with Crippen LogP contribution in [0.4, 0.5) is 0 Å². The SMILES string of the molecule is CN1CC(C(=O)O)N(C(=O)c2ccn(-c3ccccc3)n2)CC1=O. The average molecular weight is 328 g/mol. The number of carboxylic acid groups (broad SMARTS) is 1. The van der Waals surface area contributed by atoms with Gasteiger partial charge in [0.1, 0.15) is 12.6 Å². The number of amides is 2. The van der Waals surface area contributed by atoms with Crippen LogP contribution < -0.4 is 0 Å². The summed E-state index contributed by atoms with van der Waals surface area (Å²) in [5.74, 6) is -2.02. The minimum atomic E-state index is -1.15. The molecule has 2 aromatic rings. The molecule has 24 heavy (non-hydrogen) atoms. The van der Waals surface area contributed by atoms with Crippen molar-refractivity contribution in [1.82, 2.24) is 19.6 Å². The number of piperazine rings is 1. The smallest absolute Gasteiger partial charge is 0.328 e. The average Bonchev–Trinajstić information content (AvgIpc) is 3.07. The minimum absolute atomic E-state index is 0.0424. The largest absolute Gasteiger partial charge is 0.480 e. The van der Waals surface area contributed by atoms with Gasteiger partial charge in [0.2, 0.25) is 5.91 Å². The highest BCUT2D eigenvalue weighted by Gasteiger charge is 2.38. The van der Waals surface area contributed by atoms with Gasteiger partial charge in [-0.05, 0) is 18.2 Å². The van der Waals surface area contributed by atoms with Crippen molar-refractivity contribution in [2.45, 2.75) is 6.04 Å². The highest BCUT2D eigenvalue weighted by atomic mass is 16.4. The van der Waals surface area contributed by atoms with Crippen molar-refractivity contribution in [3.8, 4) is 5.69 Å². The molecule has 8 heteroatoms. The number of carboxylic acids is 1. The Morgan fingerprint density at radius 1 is 1.21 bits per heavy atom. The fraction of sp³-hybridized carbons (Fsp3) is 0.250. The first-order valence-electron chi connectivity index (χ1n) is 7.36. The van der Waals surface area contributed by atoms with Gasteiger partial charge in [-0.1, -0.05) is 18.2 Å². The lowest BCUT2D eigenvalue weighted by Crippen LogP contribution is -2.59. The number of para-hydroxylation sites is 1. The van der Waals surface area contributed by atoms with Crippen LogP contribution in [0.1, 0.15) is 10.5 Å². The molecule has 1 aromatic carbocycles. The molecule has 0 bridgehead atoms. The Morgan fingerprint density at radius 3 is 2.58 bits per heavy atom. The highest BCUT2D eigenvalue weighted by molar-refractivity contribution is 5.98. The van der Waals surface area contributed by atoms with E-state index in [1.807, 2.05) is 30.3 Å². The van der Waals surface area contributed by atoms with Gasteiger partial charge in [-0.2, -0.15) is 5.10 Å². The van der Waals surface area contributed by atoms with E-state index in [9.17, 15) is 19.5 Å². The van der Waals surface area contributed by atoms with E-state index in [4.69, 9.17) is 0 Å². The van der Waals surface area contributed by atoms with Crippen molar-refractivity contribution in [2.75, 3.05) is 20.1 Å². The Kier molecular flexibility index (Phi) is 4.03. The van der Waals surface area contributed by atoms with E-state index in [1.165, 1.54) is 22.7 Å². The molecule has 1 unspecified atom stereocenters. The third-order valence-corrected chi connectivity index (χ3v) is 3.93. The van der Waals surface area contributed by atoms with Gasteiger partial charge < -0.3 is 14.9 Å². The predicted octanol–water partition coefficient (Wildman–Crippen LogP) is 0.240. The van der Waals surface area contributed by atoms with Gasteiger partial charge in [0, 0.05) is 13.2 Å². The first kappa shape index (κ1) is 15.7. The van der Waals surface area contributed by atoms with Gasteiger partial charge in [0.25, 0.3) is 5.91 Å². The number of benzene rings is 1. The quantitative estimate of drug-likeness (QED) is 0.871. The summed E-state index contributed by atoms with van der Waals surface area (Å²) in [7, 11) is 1.52. The second kappa shape index (κ2) is 6.15. The second-order valence-electron chi connectivity index (χ2n) is 5.54. The van der Waals surface area contributed by atoms with Crippen molar-refractivity contribution in [1.29, 1.82) is 0 Å². The Labute approximate surface area is 137 Å². The molecule has 8 nitrogen and oxygen atoms in total. The van der Waals surface area contributed by atoms with E-state index in [2.05, 4.69) is 5.10 Å². The van der Waals surface area contributed by atoms with E-state index < -0.39 is 17.9 Å². The number of carbonyl (C=O) groups is 3. The molecule has 1 fully saturated rings. The highest BCUT2D eigenvalue weighted by Crippen LogP contribution is 2.15. The molecule has 1 aliphatic rings. The van der Waals surface area contributed by atoms with Crippen molar-refractivity contribution in [3.63, 3.8) is 0 Å². The molecule has 2 amide bonds. The number of nitrogens with zero attached hydrogens (tertiary/aromatic N) is 4. The summed E-state index contributed by atoms with van der Waals surface area (Å²) in [5, 5.41) is 13.5. The number of aliphatic carboxylic acids is 1. The van der Waals surface area contributed by atoms with Gasteiger partial charge in [-0.25, -0.2) is 9.48 Å². The van der Waals surface area contributed by atoms with Gasteiger partial charge >= 0.3 is 5.97 Å². The third kappa shape index (κ3) is 2.85. The van der Waals surface area contributed by atoms with Gasteiger partial charge in [-0.15, -0.1) is 0 Å². The van der Waals surface area contributed by atoms with Gasteiger partial charge in [0.05, 0.1) is 12.2 Å². The number of likely N-dealkylation sites (N-methyl/N-ethyl adjacent to an activating group) is 1. The Morgan fingerprint density at radius 2 is 1.92 bits per heavy atom. The van der Waals surface area contributed by atoms with Crippen molar-refractivity contribution in [3.05, 3.63) is 48.3 Å². The molecule has 0 radical (unpaired) electrons. The van der Waals surface area contributed by atoms with E-state index in [1.54, 1.807) is 6.20 Å².